The summed E-state index contributed by atoms with van der Waals surface area (Å²) >= 11 is 1.69. The lowest BCUT2D eigenvalue weighted by Gasteiger charge is -1.96. The van der Waals surface area contributed by atoms with Gasteiger partial charge in [-0.05, 0) is 24.0 Å². The molecule has 0 aliphatic heterocycles. The quantitative estimate of drug-likeness (QED) is 0.468. The maximum Gasteiger partial charge on any atom is 0.236 e. The minimum absolute atomic E-state index is 0.165. The molecule has 0 radical (unpaired) electrons. The van der Waals surface area contributed by atoms with E-state index in [0.29, 0.717) is 0 Å². The molecule has 0 saturated carbocycles. The van der Waals surface area contributed by atoms with Gasteiger partial charge in [0.15, 0.2) is 0 Å². The number of nitrogens with one attached hydrogen (secondary N) is 1. The van der Waals surface area contributed by atoms with E-state index >= 15 is 0 Å². The Kier molecular flexibility index (Phi) is 4.19. The number of hydrazone groups is 1. The molecule has 3 nitrogen and oxygen atoms in total. The average molecular weight is 208 g/mol. The molecule has 1 rings (SSSR count). The lowest BCUT2D eigenvalue weighted by atomic mass is 10.2. The average Bonchev–Trinajstić information content (AvgIpc) is 2.18. The van der Waals surface area contributed by atoms with Crippen LogP contribution in [0.2, 0.25) is 0 Å². The summed E-state index contributed by atoms with van der Waals surface area (Å²) in [4.78, 5) is 11.7. The van der Waals surface area contributed by atoms with Crippen LogP contribution in [0.1, 0.15) is 12.5 Å². The third kappa shape index (κ3) is 3.62. The van der Waals surface area contributed by atoms with Crippen molar-refractivity contribution < 1.29 is 4.79 Å². The van der Waals surface area contributed by atoms with E-state index in [1.165, 1.54) is 11.8 Å². The number of nitrogens with zero attached hydrogens (tertiary/aromatic N) is 1. The highest BCUT2D eigenvalue weighted by atomic mass is 32.2. The van der Waals surface area contributed by atoms with Crippen LogP contribution in [0.25, 0.3) is 0 Å². The van der Waals surface area contributed by atoms with Crippen molar-refractivity contribution in [1.82, 2.24) is 5.43 Å². The van der Waals surface area contributed by atoms with Crippen LogP contribution < -0.4 is 5.43 Å². The molecule has 1 N–H and O–H groups in total. The number of carbonyl (C=O) groups is 1. The molecule has 4 heteroatoms. The normalized spacial score (nSPS) is 10.4. The Morgan fingerprint density at radius 3 is 2.57 bits per heavy atom. The molecule has 1 aromatic carbocycles. The lowest BCUT2D eigenvalue weighted by molar-refractivity contribution is -0.118. The van der Waals surface area contributed by atoms with Crippen molar-refractivity contribution in [2.75, 3.05) is 6.26 Å². The van der Waals surface area contributed by atoms with E-state index in [1.54, 1.807) is 18.0 Å². The molecular weight excluding hydrogens is 196 g/mol. The molecule has 0 saturated heterocycles. The predicted octanol–water partition coefficient (Wildman–Crippen LogP) is 1.88. The van der Waals surface area contributed by atoms with Gasteiger partial charge in [-0.2, -0.15) is 5.10 Å². The van der Waals surface area contributed by atoms with Crippen molar-refractivity contribution in [1.29, 1.82) is 0 Å². The summed E-state index contributed by atoms with van der Waals surface area (Å²) in [5.74, 6) is -0.165. The highest BCUT2D eigenvalue weighted by Crippen LogP contribution is 2.13. The van der Waals surface area contributed by atoms with Crippen LogP contribution in [0.4, 0.5) is 0 Å². The molecule has 0 unspecified atom stereocenters. The van der Waals surface area contributed by atoms with Gasteiger partial charge >= 0.3 is 0 Å². The Morgan fingerprint density at radius 2 is 2.07 bits per heavy atom. The second-order valence-corrected chi connectivity index (χ2v) is 3.58. The molecule has 1 aromatic rings. The molecule has 0 atom stereocenters. The van der Waals surface area contributed by atoms with Crippen LogP contribution >= 0.6 is 11.8 Å². The number of amides is 1. The number of rotatable bonds is 3. The van der Waals surface area contributed by atoms with Gasteiger partial charge in [-0.25, -0.2) is 5.43 Å². The molecule has 14 heavy (non-hydrogen) atoms. The van der Waals surface area contributed by atoms with Crippen molar-refractivity contribution in [3.8, 4) is 0 Å². The first-order valence-electron chi connectivity index (χ1n) is 4.16. The number of thioether (sulfide) groups is 1. The molecule has 0 aliphatic rings. The molecule has 0 aliphatic carbocycles. The third-order valence-electron chi connectivity index (χ3n) is 1.55. The van der Waals surface area contributed by atoms with E-state index in [2.05, 4.69) is 10.5 Å². The summed E-state index contributed by atoms with van der Waals surface area (Å²) in [6.45, 7) is 1.42. The first kappa shape index (κ1) is 10.8. The number of carbonyl (C=O) groups excluding carboxylic acids is 1. The van der Waals surface area contributed by atoms with Crippen LogP contribution in [0.3, 0.4) is 0 Å². The highest BCUT2D eigenvalue weighted by Gasteiger charge is 1.90. The fraction of sp³-hybridized carbons (Fsp3) is 0.200. The fourth-order valence-corrected chi connectivity index (χ4v) is 1.30. The Labute approximate surface area is 87.6 Å². The van der Waals surface area contributed by atoms with E-state index in [1.807, 2.05) is 30.5 Å². The van der Waals surface area contributed by atoms with Gasteiger partial charge in [-0.1, -0.05) is 12.1 Å². The second-order valence-electron chi connectivity index (χ2n) is 2.70. The minimum Gasteiger partial charge on any atom is -0.274 e. The number of hydrogen-bond donors (Lipinski definition) is 1. The van der Waals surface area contributed by atoms with Crippen molar-refractivity contribution in [3.63, 3.8) is 0 Å². The zero-order valence-corrected chi connectivity index (χ0v) is 8.97. The van der Waals surface area contributed by atoms with Gasteiger partial charge in [0.05, 0.1) is 6.21 Å². The lowest BCUT2D eigenvalue weighted by Crippen LogP contribution is -2.12. The van der Waals surface area contributed by atoms with Crippen molar-refractivity contribution >= 4 is 23.9 Å². The van der Waals surface area contributed by atoms with E-state index in [0.717, 1.165) is 5.56 Å². The molecule has 0 aromatic heterocycles. The predicted molar refractivity (Wildman–Crippen MR) is 59.6 cm³/mol. The Balaban J connectivity index is 2.59. The third-order valence-corrected chi connectivity index (χ3v) is 2.29. The van der Waals surface area contributed by atoms with Crippen molar-refractivity contribution in [3.05, 3.63) is 29.8 Å². The molecule has 0 heterocycles. The zero-order chi connectivity index (χ0) is 10.4. The molecule has 1 amide bonds. The summed E-state index contributed by atoms with van der Waals surface area (Å²) in [5.41, 5.74) is 3.32. The van der Waals surface area contributed by atoms with Crippen molar-refractivity contribution in [2.24, 2.45) is 5.10 Å². The Hall–Kier alpha value is -1.29. The van der Waals surface area contributed by atoms with Crippen LogP contribution in [0.5, 0.6) is 0 Å². The smallest absolute Gasteiger partial charge is 0.236 e. The largest absolute Gasteiger partial charge is 0.274 e. The van der Waals surface area contributed by atoms with Crippen molar-refractivity contribution in [2.45, 2.75) is 11.8 Å². The molecular formula is C10H12N2OS. The SMILES string of the molecule is CSc1ccc(C=NNC(C)=O)cc1. The second kappa shape index (κ2) is 5.44. The van der Waals surface area contributed by atoms with Gasteiger partial charge in [0.1, 0.15) is 0 Å². The maximum atomic E-state index is 10.5. The molecule has 0 fully saturated rings. The van der Waals surface area contributed by atoms with Crippen LogP contribution in [-0.2, 0) is 4.79 Å². The van der Waals surface area contributed by atoms with E-state index in [-0.39, 0.29) is 5.91 Å². The Bertz CT molecular complexity index is 332. The summed E-state index contributed by atoms with van der Waals surface area (Å²) in [5, 5.41) is 3.77. The molecule has 74 valence electrons. The molecule has 0 bridgehead atoms. The standard InChI is InChI=1S/C10H12N2OS/c1-8(13)12-11-7-9-3-5-10(14-2)6-4-9/h3-7H,1-2H3,(H,12,13). The van der Waals surface area contributed by atoms with Gasteiger partial charge in [-0.3, -0.25) is 4.79 Å². The van der Waals surface area contributed by atoms with Gasteiger partial charge in [0.25, 0.3) is 0 Å². The van der Waals surface area contributed by atoms with E-state index in [4.69, 9.17) is 0 Å². The van der Waals surface area contributed by atoms with E-state index in [9.17, 15) is 4.79 Å². The summed E-state index contributed by atoms with van der Waals surface area (Å²) in [6.07, 6.45) is 3.64. The monoisotopic (exact) mass is 208 g/mol. The molecule has 0 spiro atoms. The maximum absolute atomic E-state index is 10.5. The van der Waals surface area contributed by atoms with Crippen LogP contribution in [0, 0.1) is 0 Å². The van der Waals surface area contributed by atoms with Crippen LogP contribution in [-0.4, -0.2) is 18.4 Å². The number of hydrogen-bond acceptors (Lipinski definition) is 3. The van der Waals surface area contributed by atoms with Gasteiger partial charge < -0.3 is 0 Å². The summed E-state index contributed by atoms with van der Waals surface area (Å²) in [6, 6.07) is 7.94. The summed E-state index contributed by atoms with van der Waals surface area (Å²) < 4.78 is 0. The van der Waals surface area contributed by atoms with Crippen LogP contribution in [0.15, 0.2) is 34.3 Å². The first-order valence-corrected chi connectivity index (χ1v) is 5.38. The zero-order valence-electron chi connectivity index (χ0n) is 8.15. The fourth-order valence-electron chi connectivity index (χ4n) is 0.888. The first-order chi connectivity index (χ1) is 6.72. The van der Waals surface area contributed by atoms with Gasteiger partial charge in [0, 0.05) is 11.8 Å². The number of benzene rings is 1. The highest BCUT2D eigenvalue weighted by molar-refractivity contribution is 7.98. The Morgan fingerprint density at radius 1 is 1.43 bits per heavy atom. The van der Waals surface area contributed by atoms with Gasteiger partial charge in [0.2, 0.25) is 5.91 Å². The van der Waals surface area contributed by atoms with E-state index < -0.39 is 0 Å². The minimum atomic E-state index is -0.165. The summed E-state index contributed by atoms with van der Waals surface area (Å²) in [7, 11) is 0. The topological polar surface area (TPSA) is 41.5 Å². The van der Waals surface area contributed by atoms with Gasteiger partial charge in [-0.15, -0.1) is 11.8 Å².